The quantitative estimate of drug-likeness (QED) is 0.786. The predicted octanol–water partition coefficient (Wildman–Crippen LogP) is 1.03. The topological polar surface area (TPSA) is 57.9 Å². The van der Waals surface area contributed by atoms with Gasteiger partial charge in [0.25, 0.3) is 5.91 Å². The number of aromatic nitrogens is 2. The molecular weight excluding hydrogens is 268 g/mol. The van der Waals surface area contributed by atoms with Gasteiger partial charge in [-0.05, 0) is 18.6 Å². The molecule has 3 heterocycles. The fraction of sp³-hybridized carbons (Fsp3) is 0.400. The van der Waals surface area contributed by atoms with Crippen molar-refractivity contribution in [1.29, 1.82) is 0 Å². The van der Waals surface area contributed by atoms with Crippen molar-refractivity contribution in [3.63, 3.8) is 0 Å². The Hall–Kier alpha value is -2.37. The third-order valence-electron chi connectivity index (χ3n) is 3.86. The molecule has 0 radical (unpaired) electrons. The molecule has 21 heavy (non-hydrogen) atoms. The minimum Gasteiger partial charge on any atom is -0.341 e. The van der Waals surface area contributed by atoms with Gasteiger partial charge in [-0.3, -0.25) is 9.59 Å². The van der Waals surface area contributed by atoms with Crippen molar-refractivity contribution in [2.45, 2.75) is 13.3 Å². The van der Waals surface area contributed by atoms with Crippen molar-refractivity contribution in [2.24, 2.45) is 0 Å². The molecule has 3 rings (SSSR count). The number of pyridine rings is 1. The highest BCUT2D eigenvalue weighted by atomic mass is 16.2. The molecule has 0 aromatic carbocycles. The van der Waals surface area contributed by atoms with Gasteiger partial charge in [0.1, 0.15) is 5.65 Å². The van der Waals surface area contributed by atoms with E-state index in [2.05, 4.69) is 4.98 Å². The van der Waals surface area contributed by atoms with E-state index in [-0.39, 0.29) is 11.8 Å². The Balaban J connectivity index is 1.76. The fourth-order valence-corrected chi connectivity index (χ4v) is 2.66. The van der Waals surface area contributed by atoms with Gasteiger partial charge in [-0.15, -0.1) is 0 Å². The number of carbonyl (C=O) groups is 2. The predicted molar refractivity (Wildman–Crippen MR) is 78.0 cm³/mol. The zero-order valence-corrected chi connectivity index (χ0v) is 12.0. The average molecular weight is 286 g/mol. The minimum absolute atomic E-state index is 0.0102. The highest BCUT2D eigenvalue weighted by Crippen LogP contribution is 2.11. The second kappa shape index (κ2) is 5.55. The molecule has 0 aliphatic carbocycles. The molecule has 1 aliphatic heterocycles. The monoisotopic (exact) mass is 286 g/mol. The molecule has 2 aromatic rings. The molecular formula is C15H18N4O2. The number of amides is 2. The van der Waals surface area contributed by atoms with Crippen LogP contribution < -0.4 is 0 Å². The van der Waals surface area contributed by atoms with Gasteiger partial charge in [0.05, 0.1) is 5.56 Å². The Bertz CT molecular complexity index is 679. The van der Waals surface area contributed by atoms with E-state index < -0.39 is 0 Å². The molecule has 0 N–H and O–H groups in total. The Morgan fingerprint density at radius 3 is 2.67 bits per heavy atom. The van der Waals surface area contributed by atoms with Crippen LogP contribution in [0.3, 0.4) is 0 Å². The van der Waals surface area contributed by atoms with Crippen molar-refractivity contribution in [3.05, 3.63) is 36.3 Å². The van der Waals surface area contributed by atoms with E-state index in [1.165, 1.54) is 0 Å². The zero-order chi connectivity index (χ0) is 14.8. The molecule has 1 saturated heterocycles. The maximum atomic E-state index is 12.6. The van der Waals surface area contributed by atoms with Gasteiger partial charge in [0, 0.05) is 51.7 Å². The van der Waals surface area contributed by atoms with Crippen LogP contribution in [0, 0.1) is 0 Å². The molecule has 6 heteroatoms. The van der Waals surface area contributed by atoms with Crippen molar-refractivity contribution in [2.75, 3.05) is 26.2 Å². The number of hydrogen-bond acceptors (Lipinski definition) is 3. The summed E-state index contributed by atoms with van der Waals surface area (Å²) in [5.74, 6) is 0.0835. The molecule has 1 aliphatic rings. The summed E-state index contributed by atoms with van der Waals surface area (Å²) in [6, 6.07) is 3.64. The molecule has 0 saturated carbocycles. The lowest BCUT2D eigenvalue weighted by Crippen LogP contribution is -2.36. The van der Waals surface area contributed by atoms with Crippen LogP contribution in [-0.2, 0) is 4.79 Å². The van der Waals surface area contributed by atoms with Crippen LogP contribution in [0.2, 0.25) is 0 Å². The van der Waals surface area contributed by atoms with E-state index in [0.29, 0.717) is 25.2 Å². The lowest BCUT2D eigenvalue weighted by molar-refractivity contribution is -0.128. The first-order valence-corrected chi connectivity index (χ1v) is 7.12. The highest BCUT2D eigenvalue weighted by molar-refractivity contribution is 5.94. The lowest BCUT2D eigenvalue weighted by atomic mass is 10.2. The van der Waals surface area contributed by atoms with Crippen molar-refractivity contribution < 1.29 is 9.59 Å². The first-order chi connectivity index (χ1) is 10.1. The maximum absolute atomic E-state index is 12.6. The summed E-state index contributed by atoms with van der Waals surface area (Å²) >= 11 is 0. The van der Waals surface area contributed by atoms with Crippen LogP contribution in [0.4, 0.5) is 0 Å². The van der Waals surface area contributed by atoms with E-state index >= 15 is 0 Å². The second-order valence-electron chi connectivity index (χ2n) is 5.26. The van der Waals surface area contributed by atoms with Crippen molar-refractivity contribution >= 4 is 17.5 Å². The number of imidazole rings is 1. The van der Waals surface area contributed by atoms with Crippen LogP contribution in [0.5, 0.6) is 0 Å². The molecule has 110 valence electrons. The summed E-state index contributed by atoms with van der Waals surface area (Å²) in [5.41, 5.74) is 1.47. The molecule has 1 fully saturated rings. The van der Waals surface area contributed by atoms with Gasteiger partial charge in [-0.25, -0.2) is 4.98 Å². The maximum Gasteiger partial charge on any atom is 0.255 e. The van der Waals surface area contributed by atoms with Gasteiger partial charge in [-0.1, -0.05) is 0 Å². The minimum atomic E-state index is 0.0102. The van der Waals surface area contributed by atoms with Gasteiger partial charge < -0.3 is 14.2 Å². The third-order valence-corrected chi connectivity index (χ3v) is 3.86. The summed E-state index contributed by atoms with van der Waals surface area (Å²) in [5, 5.41) is 0. The van der Waals surface area contributed by atoms with Crippen LogP contribution >= 0.6 is 0 Å². The molecule has 2 aromatic heterocycles. The molecule has 0 bridgehead atoms. The molecule has 0 spiro atoms. The van der Waals surface area contributed by atoms with E-state index in [0.717, 1.165) is 18.6 Å². The third kappa shape index (κ3) is 2.74. The summed E-state index contributed by atoms with van der Waals surface area (Å²) in [4.78, 5) is 31.8. The Labute approximate surface area is 123 Å². The van der Waals surface area contributed by atoms with Crippen LogP contribution in [0.15, 0.2) is 30.7 Å². The largest absolute Gasteiger partial charge is 0.341 e. The van der Waals surface area contributed by atoms with Crippen LogP contribution in [-0.4, -0.2) is 57.2 Å². The second-order valence-corrected chi connectivity index (χ2v) is 5.26. The Kier molecular flexibility index (Phi) is 3.60. The fourth-order valence-electron chi connectivity index (χ4n) is 2.66. The van der Waals surface area contributed by atoms with E-state index in [1.807, 2.05) is 21.6 Å². The van der Waals surface area contributed by atoms with Gasteiger partial charge in [-0.2, -0.15) is 0 Å². The molecule has 2 amide bonds. The first kappa shape index (κ1) is 13.6. The number of rotatable bonds is 1. The van der Waals surface area contributed by atoms with Gasteiger partial charge in [0.15, 0.2) is 0 Å². The van der Waals surface area contributed by atoms with E-state index in [9.17, 15) is 9.59 Å². The number of carbonyl (C=O) groups excluding carboxylic acids is 2. The molecule has 0 unspecified atom stereocenters. The van der Waals surface area contributed by atoms with Crippen LogP contribution in [0.25, 0.3) is 5.65 Å². The van der Waals surface area contributed by atoms with Crippen LogP contribution in [0.1, 0.15) is 23.7 Å². The number of nitrogens with zero attached hydrogens (tertiary/aromatic N) is 4. The Morgan fingerprint density at radius 1 is 1.10 bits per heavy atom. The standard InChI is InChI=1S/C15H18N4O2/c1-12(20)17-6-2-7-18(10-9-17)15(21)13-3-4-14-16-5-8-19(14)11-13/h3-5,8,11H,2,6-7,9-10H2,1H3. The van der Waals surface area contributed by atoms with E-state index in [1.54, 1.807) is 30.3 Å². The van der Waals surface area contributed by atoms with Gasteiger partial charge in [0.2, 0.25) is 5.91 Å². The summed E-state index contributed by atoms with van der Waals surface area (Å²) < 4.78 is 1.84. The summed E-state index contributed by atoms with van der Waals surface area (Å²) in [6.45, 7) is 4.17. The number of hydrogen-bond donors (Lipinski definition) is 0. The number of fused-ring (bicyclic) bond motifs is 1. The summed E-state index contributed by atoms with van der Waals surface area (Å²) in [7, 11) is 0. The summed E-state index contributed by atoms with van der Waals surface area (Å²) in [6.07, 6.45) is 6.16. The Morgan fingerprint density at radius 2 is 1.86 bits per heavy atom. The first-order valence-electron chi connectivity index (χ1n) is 7.12. The SMILES string of the molecule is CC(=O)N1CCCN(C(=O)c2ccc3nccn3c2)CC1. The van der Waals surface area contributed by atoms with E-state index in [4.69, 9.17) is 0 Å². The average Bonchev–Trinajstić information content (AvgIpc) is 2.80. The van der Waals surface area contributed by atoms with Crippen molar-refractivity contribution in [1.82, 2.24) is 19.2 Å². The lowest BCUT2D eigenvalue weighted by Gasteiger charge is -2.21. The van der Waals surface area contributed by atoms with Crippen molar-refractivity contribution in [3.8, 4) is 0 Å². The van der Waals surface area contributed by atoms with Gasteiger partial charge >= 0.3 is 0 Å². The zero-order valence-electron chi connectivity index (χ0n) is 12.0. The smallest absolute Gasteiger partial charge is 0.255 e. The molecule has 6 nitrogen and oxygen atoms in total. The normalized spacial score (nSPS) is 16.0. The highest BCUT2D eigenvalue weighted by Gasteiger charge is 2.21. The molecule has 0 atom stereocenters.